The molecule has 0 aromatic carbocycles. The molecule has 1 aromatic heterocycles. The van der Waals surface area contributed by atoms with Crippen LogP contribution in [0.4, 0.5) is 0 Å². The second-order valence-corrected chi connectivity index (χ2v) is 3.39. The molecule has 2 rings (SSSR count). The molecule has 0 radical (unpaired) electrons. The van der Waals surface area contributed by atoms with Crippen LogP contribution in [-0.4, -0.2) is 18.6 Å². The van der Waals surface area contributed by atoms with Crippen molar-refractivity contribution in [2.45, 2.75) is 19.4 Å². The Morgan fingerprint density at radius 1 is 1.62 bits per heavy atom. The highest BCUT2D eigenvalue weighted by Gasteiger charge is 2.19. The highest BCUT2D eigenvalue weighted by atomic mass is 16.5. The normalized spacial score (nSPS) is 20.9. The van der Waals surface area contributed by atoms with E-state index in [0.717, 1.165) is 18.0 Å². The number of aromatic nitrogens is 1. The third-order valence-corrected chi connectivity index (χ3v) is 2.47. The third kappa shape index (κ3) is 1.52. The van der Waals surface area contributed by atoms with E-state index in [1.165, 1.54) is 12.0 Å². The molecule has 0 amide bonds. The summed E-state index contributed by atoms with van der Waals surface area (Å²) in [5.74, 6) is 0.725. The maximum Gasteiger partial charge on any atom is 0.215 e. The number of aryl methyl sites for hydroxylation is 1. The van der Waals surface area contributed by atoms with Gasteiger partial charge in [-0.3, -0.25) is 0 Å². The molecular weight excluding hydrogens is 164 g/mol. The number of nitrogens with zero attached hydrogens (tertiary/aromatic N) is 1. The Kier molecular flexibility index (Phi) is 2.19. The van der Waals surface area contributed by atoms with Gasteiger partial charge in [0.25, 0.3) is 0 Å². The summed E-state index contributed by atoms with van der Waals surface area (Å²) in [6, 6.07) is 2.65. The van der Waals surface area contributed by atoms with Gasteiger partial charge in [0.1, 0.15) is 0 Å². The predicted octanol–water partition coefficient (Wildman–Crippen LogP) is 1.43. The minimum atomic E-state index is 0.511. The SMILES string of the molecule is COc1ncc(C2CCN2)cc1C. The first-order chi connectivity index (χ1) is 6.31. The highest BCUT2D eigenvalue weighted by Crippen LogP contribution is 2.25. The molecule has 70 valence electrons. The zero-order chi connectivity index (χ0) is 9.26. The minimum Gasteiger partial charge on any atom is -0.481 e. The van der Waals surface area contributed by atoms with E-state index in [1.807, 2.05) is 13.1 Å². The summed E-state index contributed by atoms with van der Waals surface area (Å²) in [5.41, 5.74) is 2.37. The number of hydrogen-bond donors (Lipinski definition) is 1. The molecule has 1 atom stereocenters. The van der Waals surface area contributed by atoms with Gasteiger partial charge >= 0.3 is 0 Å². The van der Waals surface area contributed by atoms with Gasteiger partial charge < -0.3 is 10.1 Å². The molecule has 2 heterocycles. The van der Waals surface area contributed by atoms with Crippen molar-refractivity contribution < 1.29 is 4.74 Å². The molecule has 1 saturated heterocycles. The van der Waals surface area contributed by atoms with Crippen molar-refractivity contribution >= 4 is 0 Å². The zero-order valence-corrected chi connectivity index (χ0v) is 8.00. The van der Waals surface area contributed by atoms with E-state index >= 15 is 0 Å². The van der Waals surface area contributed by atoms with Gasteiger partial charge in [-0.2, -0.15) is 0 Å². The van der Waals surface area contributed by atoms with Crippen molar-refractivity contribution in [1.82, 2.24) is 10.3 Å². The van der Waals surface area contributed by atoms with Gasteiger partial charge in [0.2, 0.25) is 5.88 Å². The lowest BCUT2D eigenvalue weighted by atomic mass is 9.99. The second-order valence-electron chi connectivity index (χ2n) is 3.39. The average molecular weight is 178 g/mol. The number of methoxy groups -OCH3 is 1. The molecule has 0 bridgehead atoms. The van der Waals surface area contributed by atoms with Crippen LogP contribution in [0.3, 0.4) is 0 Å². The predicted molar refractivity (Wildman–Crippen MR) is 50.9 cm³/mol. The van der Waals surface area contributed by atoms with Crippen molar-refractivity contribution in [2.75, 3.05) is 13.7 Å². The number of ether oxygens (including phenoxy) is 1. The topological polar surface area (TPSA) is 34.1 Å². The summed E-state index contributed by atoms with van der Waals surface area (Å²) in [5, 5.41) is 3.35. The van der Waals surface area contributed by atoms with Crippen molar-refractivity contribution in [1.29, 1.82) is 0 Å². The molecule has 1 N–H and O–H groups in total. The molecule has 3 nitrogen and oxygen atoms in total. The molecule has 1 unspecified atom stereocenters. The van der Waals surface area contributed by atoms with Gasteiger partial charge in [-0.25, -0.2) is 4.98 Å². The average Bonchev–Trinajstić information content (AvgIpc) is 2.01. The van der Waals surface area contributed by atoms with Gasteiger partial charge in [-0.1, -0.05) is 0 Å². The summed E-state index contributed by atoms with van der Waals surface area (Å²) in [7, 11) is 1.65. The second kappa shape index (κ2) is 3.34. The van der Waals surface area contributed by atoms with Crippen LogP contribution in [0.15, 0.2) is 12.3 Å². The van der Waals surface area contributed by atoms with Crippen LogP contribution < -0.4 is 10.1 Å². The highest BCUT2D eigenvalue weighted by molar-refractivity contribution is 5.30. The summed E-state index contributed by atoms with van der Waals surface area (Å²) in [6.07, 6.45) is 3.11. The lowest BCUT2D eigenvalue weighted by Gasteiger charge is -2.28. The standard InChI is InChI=1S/C10H14N2O/c1-7-5-8(9-3-4-11-9)6-12-10(7)13-2/h5-6,9,11H,3-4H2,1-2H3. The van der Waals surface area contributed by atoms with Gasteiger partial charge in [-0.05, 0) is 31.5 Å². The smallest absolute Gasteiger partial charge is 0.215 e. The van der Waals surface area contributed by atoms with E-state index in [9.17, 15) is 0 Å². The Morgan fingerprint density at radius 3 is 2.85 bits per heavy atom. The molecule has 0 aliphatic carbocycles. The fraction of sp³-hybridized carbons (Fsp3) is 0.500. The monoisotopic (exact) mass is 178 g/mol. The van der Waals surface area contributed by atoms with Crippen molar-refractivity contribution in [3.05, 3.63) is 23.4 Å². The van der Waals surface area contributed by atoms with E-state index in [0.29, 0.717) is 6.04 Å². The van der Waals surface area contributed by atoms with Gasteiger partial charge in [0, 0.05) is 17.8 Å². The summed E-state index contributed by atoms with van der Waals surface area (Å²) >= 11 is 0. The summed E-state index contributed by atoms with van der Waals surface area (Å²) < 4.78 is 5.10. The maximum atomic E-state index is 5.10. The van der Waals surface area contributed by atoms with Crippen LogP contribution in [0.1, 0.15) is 23.6 Å². The maximum absolute atomic E-state index is 5.10. The fourth-order valence-corrected chi connectivity index (χ4v) is 1.56. The molecule has 13 heavy (non-hydrogen) atoms. The Labute approximate surface area is 78.1 Å². The van der Waals surface area contributed by atoms with Gasteiger partial charge in [-0.15, -0.1) is 0 Å². The van der Waals surface area contributed by atoms with E-state index < -0.39 is 0 Å². The first kappa shape index (κ1) is 8.51. The fourth-order valence-electron chi connectivity index (χ4n) is 1.56. The van der Waals surface area contributed by atoms with Crippen LogP contribution in [0.25, 0.3) is 0 Å². The number of hydrogen-bond acceptors (Lipinski definition) is 3. The molecule has 0 spiro atoms. The molecular formula is C10H14N2O. The molecule has 1 aliphatic heterocycles. The van der Waals surface area contributed by atoms with Crippen molar-refractivity contribution in [3.8, 4) is 5.88 Å². The number of nitrogens with one attached hydrogen (secondary N) is 1. The van der Waals surface area contributed by atoms with E-state index in [1.54, 1.807) is 7.11 Å². The van der Waals surface area contributed by atoms with Crippen LogP contribution in [0, 0.1) is 6.92 Å². The van der Waals surface area contributed by atoms with Crippen LogP contribution in [-0.2, 0) is 0 Å². The summed E-state index contributed by atoms with van der Waals surface area (Å²) in [4.78, 5) is 4.24. The molecule has 3 heteroatoms. The Balaban J connectivity index is 2.24. The van der Waals surface area contributed by atoms with E-state index in [2.05, 4.69) is 16.4 Å². The zero-order valence-electron chi connectivity index (χ0n) is 8.00. The van der Waals surface area contributed by atoms with Crippen LogP contribution >= 0.6 is 0 Å². The van der Waals surface area contributed by atoms with Crippen molar-refractivity contribution in [2.24, 2.45) is 0 Å². The first-order valence-corrected chi connectivity index (χ1v) is 4.55. The lowest BCUT2D eigenvalue weighted by molar-refractivity contribution is 0.375. The third-order valence-electron chi connectivity index (χ3n) is 2.47. The first-order valence-electron chi connectivity index (χ1n) is 4.55. The Bertz CT molecular complexity index is 308. The van der Waals surface area contributed by atoms with Crippen LogP contribution in [0.5, 0.6) is 5.88 Å². The molecule has 1 aromatic rings. The van der Waals surface area contributed by atoms with Gasteiger partial charge in [0.05, 0.1) is 7.11 Å². The lowest BCUT2D eigenvalue weighted by Crippen LogP contribution is -2.35. The van der Waals surface area contributed by atoms with Gasteiger partial charge in [0.15, 0.2) is 0 Å². The van der Waals surface area contributed by atoms with E-state index in [-0.39, 0.29) is 0 Å². The van der Waals surface area contributed by atoms with Crippen LogP contribution in [0.2, 0.25) is 0 Å². The quantitative estimate of drug-likeness (QED) is 0.744. The Morgan fingerprint density at radius 2 is 2.38 bits per heavy atom. The minimum absolute atomic E-state index is 0.511. The van der Waals surface area contributed by atoms with E-state index in [4.69, 9.17) is 4.74 Å². The largest absolute Gasteiger partial charge is 0.481 e. The number of pyridine rings is 1. The molecule has 0 saturated carbocycles. The van der Waals surface area contributed by atoms with Crippen molar-refractivity contribution in [3.63, 3.8) is 0 Å². The number of rotatable bonds is 2. The molecule has 1 fully saturated rings. The molecule has 1 aliphatic rings. The summed E-state index contributed by atoms with van der Waals surface area (Å²) in [6.45, 7) is 3.14. The Hall–Kier alpha value is -1.09.